The number of thiophene rings is 1. The fourth-order valence-corrected chi connectivity index (χ4v) is 3.59. The van der Waals surface area contributed by atoms with Gasteiger partial charge in [0.15, 0.2) is 11.4 Å². The Balaban J connectivity index is 2.20. The Morgan fingerprint density at radius 1 is 1.37 bits per heavy atom. The number of aromatic nitrogens is 1. The van der Waals surface area contributed by atoms with Crippen LogP contribution in [0.5, 0.6) is 5.75 Å². The van der Waals surface area contributed by atoms with Gasteiger partial charge < -0.3 is 9.84 Å². The highest BCUT2D eigenvalue weighted by molar-refractivity contribution is 7.22. The number of nitrogens with zero attached hydrogens (tertiary/aromatic N) is 2. The maximum absolute atomic E-state index is 12.9. The monoisotopic (exact) mass is 392 g/mol. The highest BCUT2D eigenvalue weighted by atomic mass is 32.1. The maximum atomic E-state index is 12.9. The molecular formula is C18H11F3N2O3S. The Labute approximate surface area is 155 Å². The van der Waals surface area contributed by atoms with E-state index < -0.39 is 29.2 Å². The highest BCUT2D eigenvalue weighted by Gasteiger charge is 2.30. The molecule has 0 aliphatic rings. The largest absolute Gasteiger partial charge is 0.504 e. The fraction of sp³-hybridized carbons (Fsp3) is 0.167. The molecule has 1 N–H and O–H groups in total. The number of aromatic hydroxyl groups is 1. The van der Waals surface area contributed by atoms with E-state index in [9.17, 15) is 28.3 Å². The SMILES string of the molecule is CCOC(=O)c1nc(C#N)c2cc(-c3cccc(C(F)(F)F)c3)sc2c1O. The number of fused-ring (bicyclic) bond motifs is 1. The number of carbonyl (C=O) groups is 1. The lowest BCUT2D eigenvalue weighted by Gasteiger charge is -2.07. The molecule has 0 bridgehead atoms. The van der Waals surface area contributed by atoms with Gasteiger partial charge in [0, 0.05) is 10.3 Å². The van der Waals surface area contributed by atoms with Crippen LogP contribution in [0.25, 0.3) is 20.5 Å². The summed E-state index contributed by atoms with van der Waals surface area (Å²) in [6.07, 6.45) is -4.49. The van der Waals surface area contributed by atoms with Crippen molar-refractivity contribution in [2.24, 2.45) is 0 Å². The van der Waals surface area contributed by atoms with Gasteiger partial charge in [-0.25, -0.2) is 9.78 Å². The van der Waals surface area contributed by atoms with Gasteiger partial charge in [0.05, 0.1) is 16.9 Å². The van der Waals surface area contributed by atoms with Gasteiger partial charge in [0.25, 0.3) is 0 Å². The third-order valence-corrected chi connectivity index (χ3v) is 4.89. The lowest BCUT2D eigenvalue weighted by Crippen LogP contribution is -2.08. The number of esters is 1. The minimum absolute atomic E-state index is 0.0554. The van der Waals surface area contributed by atoms with E-state index in [4.69, 9.17) is 4.74 Å². The normalized spacial score (nSPS) is 11.4. The topological polar surface area (TPSA) is 83.2 Å². The molecule has 3 aromatic rings. The molecule has 0 spiro atoms. The Kier molecular flexibility index (Phi) is 4.76. The predicted molar refractivity (Wildman–Crippen MR) is 92.4 cm³/mol. The van der Waals surface area contributed by atoms with Crippen LogP contribution in [0.4, 0.5) is 13.2 Å². The summed E-state index contributed by atoms with van der Waals surface area (Å²) in [7, 11) is 0. The second kappa shape index (κ2) is 6.89. The highest BCUT2D eigenvalue weighted by Crippen LogP contribution is 2.41. The Morgan fingerprint density at radius 2 is 2.11 bits per heavy atom. The summed E-state index contributed by atoms with van der Waals surface area (Å²) in [4.78, 5) is 16.2. The van der Waals surface area contributed by atoms with E-state index in [1.54, 1.807) is 6.92 Å². The molecule has 0 radical (unpaired) electrons. The Bertz CT molecular complexity index is 1080. The number of alkyl halides is 3. The number of hydrogen-bond donors (Lipinski definition) is 1. The van der Waals surface area contributed by atoms with E-state index in [2.05, 4.69) is 4.98 Å². The van der Waals surface area contributed by atoms with E-state index in [-0.39, 0.29) is 28.0 Å². The van der Waals surface area contributed by atoms with Crippen LogP contribution in [-0.4, -0.2) is 22.7 Å². The van der Waals surface area contributed by atoms with Crippen LogP contribution in [0.2, 0.25) is 0 Å². The van der Waals surface area contributed by atoms with Crippen LogP contribution in [0.3, 0.4) is 0 Å². The van der Waals surface area contributed by atoms with Crippen LogP contribution in [0.1, 0.15) is 28.7 Å². The number of pyridine rings is 1. The summed E-state index contributed by atoms with van der Waals surface area (Å²) < 4.78 is 43.8. The number of hydrogen-bond acceptors (Lipinski definition) is 6. The molecule has 0 aliphatic carbocycles. The van der Waals surface area contributed by atoms with E-state index in [0.717, 1.165) is 23.5 Å². The van der Waals surface area contributed by atoms with E-state index in [0.29, 0.717) is 4.88 Å². The van der Waals surface area contributed by atoms with Gasteiger partial charge in [-0.1, -0.05) is 12.1 Å². The summed E-state index contributed by atoms with van der Waals surface area (Å²) >= 11 is 0.959. The molecular weight excluding hydrogens is 381 g/mol. The molecule has 3 rings (SSSR count). The van der Waals surface area contributed by atoms with Crippen LogP contribution in [-0.2, 0) is 10.9 Å². The lowest BCUT2D eigenvalue weighted by atomic mass is 10.1. The number of halogens is 3. The van der Waals surface area contributed by atoms with Crippen molar-refractivity contribution in [2.75, 3.05) is 6.61 Å². The quantitative estimate of drug-likeness (QED) is 0.651. The molecule has 0 atom stereocenters. The van der Waals surface area contributed by atoms with Gasteiger partial charge in [0.1, 0.15) is 11.8 Å². The minimum Gasteiger partial charge on any atom is -0.504 e. The van der Waals surface area contributed by atoms with Crippen LogP contribution >= 0.6 is 11.3 Å². The van der Waals surface area contributed by atoms with Gasteiger partial charge in [-0.3, -0.25) is 0 Å². The predicted octanol–water partition coefficient (Wildman–Crippen LogP) is 4.74. The zero-order valence-electron chi connectivity index (χ0n) is 13.8. The average Bonchev–Trinajstić information content (AvgIpc) is 3.08. The second-order valence-electron chi connectivity index (χ2n) is 5.42. The Morgan fingerprint density at radius 3 is 2.74 bits per heavy atom. The third kappa shape index (κ3) is 3.44. The molecule has 0 aliphatic heterocycles. The molecule has 9 heteroatoms. The van der Waals surface area contributed by atoms with Crippen LogP contribution in [0.15, 0.2) is 30.3 Å². The molecule has 5 nitrogen and oxygen atoms in total. The smallest absolute Gasteiger partial charge is 0.416 e. The molecule has 0 saturated carbocycles. The number of ether oxygens (including phenoxy) is 1. The Hall–Kier alpha value is -3.12. The van der Waals surface area contributed by atoms with E-state index >= 15 is 0 Å². The molecule has 1 aromatic carbocycles. The minimum atomic E-state index is -4.49. The van der Waals surface area contributed by atoms with Crippen molar-refractivity contribution in [3.8, 4) is 22.3 Å². The first kappa shape index (κ1) is 18.7. The molecule has 138 valence electrons. The summed E-state index contributed by atoms with van der Waals surface area (Å²) in [5, 5.41) is 19.9. The van der Waals surface area contributed by atoms with Gasteiger partial charge in [-0.05, 0) is 30.7 Å². The standard InChI is InChI=1S/C18H11F3N2O3S/c1-2-26-17(25)14-15(24)16-11(12(8-22)23-14)7-13(27-16)9-4-3-5-10(6-9)18(19,20)21/h3-7,24H,2H2,1H3. The van der Waals surface area contributed by atoms with Gasteiger partial charge in [0.2, 0.25) is 0 Å². The number of rotatable bonds is 3. The van der Waals surface area contributed by atoms with Crippen LogP contribution in [0, 0.1) is 11.3 Å². The molecule has 0 fully saturated rings. The first-order valence-corrected chi connectivity index (χ1v) is 8.49. The average molecular weight is 392 g/mol. The number of nitriles is 1. The summed E-state index contributed by atoms with van der Waals surface area (Å²) in [6, 6.07) is 8.00. The third-order valence-electron chi connectivity index (χ3n) is 3.70. The zero-order valence-corrected chi connectivity index (χ0v) is 14.6. The zero-order chi connectivity index (χ0) is 19.8. The van der Waals surface area contributed by atoms with Crippen LogP contribution < -0.4 is 0 Å². The van der Waals surface area contributed by atoms with Gasteiger partial charge in [-0.2, -0.15) is 18.4 Å². The van der Waals surface area contributed by atoms with Crippen molar-refractivity contribution in [2.45, 2.75) is 13.1 Å². The van der Waals surface area contributed by atoms with Crippen molar-refractivity contribution in [1.82, 2.24) is 4.98 Å². The number of carbonyl (C=O) groups excluding carboxylic acids is 1. The lowest BCUT2D eigenvalue weighted by molar-refractivity contribution is -0.137. The summed E-state index contributed by atoms with van der Waals surface area (Å²) in [5.41, 5.74) is -1.07. The molecule has 2 aromatic heterocycles. The van der Waals surface area contributed by atoms with E-state index in [1.807, 2.05) is 6.07 Å². The molecule has 2 heterocycles. The molecule has 0 amide bonds. The van der Waals surface area contributed by atoms with Crippen molar-refractivity contribution < 1.29 is 27.8 Å². The first-order chi connectivity index (χ1) is 12.8. The van der Waals surface area contributed by atoms with Crippen molar-refractivity contribution in [3.05, 3.63) is 47.3 Å². The summed E-state index contributed by atoms with van der Waals surface area (Å²) in [6.45, 7) is 1.63. The van der Waals surface area contributed by atoms with Gasteiger partial charge >= 0.3 is 12.1 Å². The first-order valence-electron chi connectivity index (χ1n) is 7.67. The maximum Gasteiger partial charge on any atom is 0.416 e. The van der Waals surface area contributed by atoms with Crippen molar-refractivity contribution in [1.29, 1.82) is 5.26 Å². The molecule has 0 unspecified atom stereocenters. The van der Waals surface area contributed by atoms with Gasteiger partial charge in [-0.15, -0.1) is 11.3 Å². The van der Waals surface area contributed by atoms with E-state index in [1.165, 1.54) is 18.2 Å². The summed E-state index contributed by atoms with van der Waals surface area (Å²) in [5.74, 6) is -1.35. The molecule has 27 heavy (non-hydrogen) atoms. The van der Waals surface area contributed by atoms with Crippen molar-refractivity contribution >= 4 is 27.4 Å². The molecule has 0 saturated heterocycles. The fourth-order valence-electron chi connectivity index (χ4n) is 2.49. The second-order valence-corrected chi connectivity index (χ2v) is 6.47. The number of benzene rings is 1. The van der Waals surface area contributed by atoms with Crippen molar-refractivity contribution in [3.63, 3.8) is 0 Å².